The molecular weight excluding hydrogens is 372 g/mol. The molecule has 146 valence electrons. The number of carbonyl (C=O) groups is 1. The Bertz CT molecular complexity index is 1210. The lowest BCUT2D eigenvalue weighted by molar-refractivity contribution is 0.0990. The number of rotatable bonds is 5. The molecule has 2 N–H and O–H groups in total. The van der Waals surface area contributed by atoms with E-state index < -0.39 is 5.91 Å². The first-order valence-electron chi connectivity index (χ1n) is 8.84. The number of aromatic nitrogens is 4. The SMILES string of the molecule is COc1ccc(Cn2cc(C(=O)N=Nc3c(O)[nH]c4c(C)cccc34)nn2)cc1. The second-order valence-electron chi connectivity index (χ2n) is 6.47. The minimum Gasteiger partial charge on any atom is -0.497 e. The Kier molecular flexibility index (Phi) is 4.78. The Hall–Kier alpha value is -4.01. The van der Waals surface area contributed by atoms with Gasteiger partial charge in [0.1, 0.15) is 5.75 Å². The number of hydrogen-bond donors (Lipinski definition) is 2. The maximum atomic E-state index is 12.3. The van der Waals surface area contributed by atoms with Crippen molar-refractivity contribution in [1.82, 2.24) is 20.0 Å². The number of hydrogen-bond acceptors (Lipinski definition) is 6. The third-order valence-electron chi connectivity index (χ3n) is 4.50. The molecule has 0 saturated heterocycles. The van der Waals surface area contributed by atoms with Crippen LogP contribution >= 0.6 is 0 Å². The van der Waals surface area contributed by atoms with Gasteiger partial charge >= 0.3 is 5.91 Å². The molecular formula is C20H18N6O3. The van der Waals surface area contributed by atoms with Gasteiger partial charge in [0.15, 0.2) is 11.4 Å². The summed E-state index contributed by atoms with van der Waals surface area (Å²) < 4.78 is 6.67. The van der Waals surface area contributed by atoms with Crippen LogP contribution in [0.1, 0.15) is 21.6 Å². The van der Waals surface area contributed by atoms with E-state index in [9.17, 15) is 9.90 Å². The highest BCUT2D eigenvalue weighted by atomic mass is 16.5. The lowest BCUT2D eigenvalue weighted by Crippen LogP contribution is -2.00. The number of methoxy groups -OCH3 is 1. The van der Waals surface area contributed by atoms with Crippen LogP contribution in [0.3, 0.4) is 0 Å². The number of benzene rings is 2. The third-order valence-corrected chi connectivity index (χ3v) is 4.50. The molecule has 0 spiro atoms. The Labute approximate surface area is 165 Å². The highest BCUT2D eigenvalue weighted by Gasteiger charge is 2.14. The standard InChI is InChI=1S/C20H18N6O3/c1-12-4-3-5-15-17(12)21-20(28)18(15)23-24-19(27)16-11-26(25-22-16)10-13-6-8-14(29-2)9-7-13/h3-9,11,21,28H,10H2,1-2H3. The molecule has 9 nitrogen and oxygen atoms in total. The summed E-state index contributed by atoms with van der Waals surface area (Å²) in [6.45, 7) is 2.36. The molecule has 2 heterocycles. The van der Waals surface area contributed by atoms with Gasteiger partial charge in [-0.25, -0.2) is 4.68 Å². The van der Waals surface area contributed by atoms with Crippen LogP contribution in [0, 0.1) is 6.92 Å². The van der Waals surface area contributed by atoms with Gasteiger partial charge in [-0.15, -0.1) is 15.3 Å². The normalized spacial score (nSPS) is 11.4. The molecule has 0 radical (unpaired) electrons. The predicted octanol–water partition coefficient (Wildman–Crippen LogP) is 3.75. The molecule has 2 aromatic carbocycles. The number of aryl methyl sites for hydroxylation is 1. The zero-order valence-corrected chi connectivity index (χ0v) is 15.8. The van der Waals surface area contributed by atoms with Crippen LogP contribution in [-0.4, -0.2) is 38.1 Å². The summed E-state index contributed by atoms with van der Waals surface area (Å²) in [5.74, 6) is -0.0271. The molecule has 1 amide bonds. The maximum Gasteiger partial charge on any atom is 0.317 e. The molecule has 29 heavy (non-hydrogen) atoms. The van der Waals surface area contributed by atoms with Crippen molar-refractivity contribution in [1.29, 1.82) is 0 Å². The smallest absolute Gasteiger partial charge is 0.317 e. The Morgan fingerprint density at radius 3 is 2.79 bits per heavy atom. The van der Waals surface area contributed by atoms with Gasteiger partial charge in [0.25, 0.3) is 0 Å². The van der Waals surface area contributed by atoms with Crippen LogP contribution < -0.4 is 4.74 Å². The van der Waals surface area contributed by atoms with E-state index in [2.05, 4.69) is 25.5 Å². The van der Waals surface area contributed by atoms with E-state index in [1.165, 1.54) is 10.9 Å². The molecule has 9 heteroatoms. The summed E-state index contributed by atoms with van der Waals surface area (Å²) in [5.41, 5.74) is 2.96. The first kappa shape index (κ1) is 18.4. The number of carbonyl (C=O) groups excluding carboxylic acids is 1. The van der Waals surface area contributed by atoms with E-state index in [1.807, 2.05) is 43.3 Å². The number of para-hydroxylation sites is 1. The topological polar surface area (TPSA) is 118 Å². The fourth-order valence-corrected chi connectivity index (χ4v) is 2.98. The van der Waals surface area contributed by atoms with Crippen LogP contribution in [0.25, 0.3) is 10.9 Å². The molecule has 0 aliphatic heterocycles. The van der Waals surface area contributed by atoms with Gasteiger partial charge in [0.05, 0.1) is 25.4 Å². The number of amides is 1. The van der Waals surface area contributed by atoms with Crippen molar-refractivity contribution in [3.8, 4) is 11.6 Å². The van der Waals surface area contributed by atoms with E-state index in [0.29, 0.717) is 11.9 Å². The Morgan fingerprint density at radius 2 is 2.03 bits per heavy atom. The predicted molar refractivity (Wildman–Crippen MR) is 106 cm³/mol. The fraction of sp³-hybridized carbons (Fsp3) is 0.150. The van der Waals surface area contributed by atoms with Gasteiger partial charge in [-0.2, -0.15) is 0 Å². The number of azo groups is 1. The van der Waals surface area contributed by atoms with Crippen molar-refractivity contribution in [2.75, 3.05) is 7.11 Å². The largest absolute Gasteiger partial charge is 0.497 e. The van der Waals surface area contributed by atoms with Crippen molar-refractivity contribution in [3.05, 3.63) is 65.5 Å². The second kappa shape index (κ2) is 7.55. The van der Waals surface area contributed by atoms with Crippen molar-refractivity contribution >= 4 is 22.5 Å². The summed E-state index contributed by atoms with van der Waals surface area (Å²) in [4.78, 5) is 15.2. The van der Waals surface area contributed by atoms with Crippen LogP contribution in [0.15, 0.2) is 58.9 Å². The van der Waals surface area contributed by atoms with Gasteiger partial charge in [-0.05, 0) is 30.2 Å². The lowest BCUT2D eigenvalue weighted by Gasteiger charge is -2.02. The average Bonchev–Trinajstić information content (AvgIpc) is 3.32. The number of H-pyrrole nitrogens is 1. The van der Waals surface area contributed by atoms with Crippen LogP contribution in [0.2, 0.25) is 0 Å². The number of ether oxygens (including phenoxy) is 1. The van der Waals surface area contributed by atoms with E-state index in [1.54, 1.807) is 13.2 Å². The summed E-state index contributed by atoms with van der Waals surface area (Å²) >= 11 is 0. The van der Waals surface area contributed by atoms with Crippen molar-refractivity contribution in [2.45, 2.75) is 13.5 Å². The Balaban J connectivity index is 1.51. The van der Waals surface area contributed by atoms with Gasteiger partial charge in [-0.1, -0.05) is 35.5 Å². The van der Waals surface area contributed by atoms with E-state index in [-0.39, 0.29) is 17.3 Å². The first-order chi connectivity index (χ1) is 14.0. The number of nitrogens with one attached hydrogen (secondary N) is 1. The molecule has 0 aliphatic carbocycles. The molecule has 0 unspecified atom stereocenters. The minimum absolute atomic E-state index is 0.0674. The van der Waals surface area contributed by atoms with Crippen molar-refractivity contribution in [2.24, 2.45) is 10.2 Å². The quantitative estimate of drug-likeness (QED) is 0.503. The number of fused-ring (bicyclic) bond motifs is 1. The van der Waals surface area contributed by atoms with Gasteiger partial charge in [0.2, 0.25) is 5.88 Å². The summed E-state index contributed by atoms with van der Waals surface area (Å²) in [6, 6.07) is 13.1. The minimum atomic E-state index is -0.646. The van der Waals surface area contributed by atoms with Gasteiger partial charge in [0, 0.05) is 5.39 Å². The van der Waals surface area contributed by atoms with E-state index in [0.717, 1.165) is 22.4 Å². The molecule has 4 aromatic rings. The zero-order chi connectivity index (χ0) is 20.4. The summed E-state index contributed by atoms with van der Waals surface area (Å²) in [5, 5.41) is 26.2. The summed E-state index contributed by atoms with van der Waals surface area (Å²) in [6.07, 6.45) is 1.50. The first-order valence-corrected chi connectivity index (χ1v) is 8.84. The van der Waals surface area contributed by atoms with E-state index in [4.69, 9.17) is 4.74 Å². The number of aromatic hydroxyl groups is 1. The Morgan fingerprint density at radius 1 is 1.24 bits per heavy atom. The summed E-state index contributed by atoms with van der Waals surface area (Å²) in [7, 11) is 1.61. The second-order valence-corrected chi connectivity index (χ2v) is 6.47. The third kappa shape index (κ3) is 3.70. The monoisotopic (exact) mass is 390 g/mol. The van der Waals surface area contributed by atoms with Gasteiger partial charge < -0.3 is 14.8 Å². The number of aromatic amines is 1. The molecule has 0 saturated carbocycles. The fourth-order valence-electron chi connectivity index (χ4n) is 2.98. The molecule has 0 atom stereocenters. The molecule has 4 rings (SSSR count). The van der Waals surface area contributed by atoms with Gasteiger partial charge in [-0.3, -0.25) is 4.79 Å². The van der Waals surface area contributed by atoms with Crippen LogP contribution in [-0.2, 0) is 6.54 Å². The highest BCUT2D eigenvalue weighted by Crippen LogP contribution is 2.36. The molecule has 2 aromatic heterocycles. The number of nitrogens with zero attached hydrogens (tertiary/aromatic N) is 5. The van der Waals surface area contributed by atoms with Crippen LogP contribution in [0.4, 0.5) is 5.69 Å². The maximum absolute atomic E-state index is 12.3. The molecule has 0 aliphatic rings. The molecule has 0 bridgehead atoms. The van der Waals surface area contributed by atoms with E-state index >= 15 is 0 Å². The van der Waals surface area contributed by atoms with Crippen LogP contribution in [0.5, 0.6) is 11.6 Å². The highest BCUT2D eigenvalue weighted by molar-refractivity contribution is 5.97. The van der Waals surface area contributed by atoms with Crippen molar-refractivity contribution < 1.29 is 14.6 Å². The zero-order valence-electron chi connectivity index (χ0n) is 15.8. The lowest BCUT2D eigenvalue weighted by atomic mass is 10.1. The molecule has 0 fully saturated rings. The average molecular weight is 390 g/mol. The van der Waals surface area contributed by atoms with Crippen molar-refractivity contribution in [3.63, 3.8) is 0 Å².